The molecule has 3 fully saturated rings. The average Bonchev–Trinajstić information content (AvgIpc) is 3.77. The van der Waals surface area contributed by atoms with Gasteiger partial charge in [0.15, 0.2) is 5.69 Å². The number of aromatic nitrogens is 1. The average molecular weight is 600 g/mol. The van der Waals surface area contributed by atoms with Crippen molar-refractivity contribution in [1.82, 2.24) is 15.6 Å². The van der Waals surface area contributed by atoms with E-state index in [0.717, 1.165) is 42.7 Å². The fraction of sp³-hybridized carbons (Fsp3) is 0.667. The molecule has 5 rings (SSSR count). The van der Waals surface area contributed by atoms with Crippen LogP contribution in [0.15, 0.2) is 28.9 Å². The molecule has 1 unspecified atom stereocenters. The van der Waals surface area contributed by atoms with Gasteiger partial charge in [0.1, 0.15) is 12.1 Å². The molecule has 1 aliphatic carbocycles. The minimum Gasteiger partial charge on any atom is -0.448 e. The Balaban J connectivity index is 1.18. The summed E-state index contributed by atoms with van der Waals surface area (Å²) in [7, 11) is 0. The fourth-order valence-corrected chi connectivity index (χ4v) is 7.23. The molecule has 4 atom stereocenters. The second-order valence-corrected chi connectivity index (χ2v) is 12.6. The lowest BCUT2D eigenvalue weighted by Crippen LogP contribution is -2.40. The van der Waals surface area contributed by atoms with Crippen LogP contribution in [0.4, 0.5) is 4.39 Å². The number of oxazole rings is 1. The van der Waals surface area contributed by atoms with Crippen LogP contribution in [0.3, 0.4) is 0 Å². The highest BCUT2D eigenvalue weighted by Crippen LogP contribution is 2.50. The Morgan fingerprint density at radius 2 is 1.81 bits per heavy atom. The van der Waals surface area contributed by atoms with Gasteiger partial charge in [0.05, 0.1) is 37.4 Å². The zero-order chi connectivity index (χ0) is 30.2. The highest BCUT2D eigenvalue weighted by Gasteiger charge is 2.51. The largest absolute Gasteiger partial charge is 0.448 e. The molecule has 3 heterocycles. The molecule has 236 valence electrons. The van der Waals surface area contributed by atoms with Gasteiger partial charge in [-0.1, -0.05) is 51.0 Å². The Labute approximate surface area is 253 Å². The highest BCUT2D eigenvalue weighted by molar-refractivity contribution is 5.91. The van der Waals surface area contributed by atoms with Crippen molar-refractivity contribution >= 4 is 11.8 Å². The number of hydrogen-bond acceptors (Lipinski definition) is 7. The normalized spacial score (nSPS) is 23.6. The van der Waals surface area contributed by atoms with E-state index in [0.29, 0.717) is 25.3 Å². The van der Waals surface area contributed by atoms with Crippen molar-refractivity contribution < 1.29 is 33.3 Å². The summed E-state index contributed by atoms with van der Waals surface area (Å²) < 4.78 is 26.5. The zero-order valence-corrected chi connectivity index (χ0v) is 24.9. The number of halogens is 1. The van der Waals surface area contributed by atoms with Crippen LogP contribution in [0.5, 0.6) is 0 Å². The summed E-state index contributed by atoms with van der Waals surface area (Å²) >= 11 is 0. The van der Waals surface area contributed by atoms with Gasteiger partial charge in [0, 0.05) is 18.9 Å². The molecular weight excluding hydrogens is 553 g/mol. The van der Waals surface area contributed by atoms with Crippen molar-refractivity contribution in [1.29, 1.82) is 0 Å². The molecule has 2 aliphatic heterocycles. The van der Waals surface area contributed by atoms with Gasteiger partial charge in [-0.05, 0) is 61.3 Å². The Morgan fingerprint density at radius 3 is 2.60 bits per heavy atom. The van der Waals surface area contributed by atoms with E-state index >= 15 is 0 Å². The van der Waals surface area contributed by atoms with E-state index in [-0.39, 0.29) is 67.0 Å². The number of unbranched alkanes of at least 4 members (excludes halogenated alkanes) is 1. The van der Waals surface area contributed by atoms with Gasteiger partial charge in [0.2, 0.25) is 11.8 Å². The molecule has 1 aromatic heterocycles. The molecule has 4 N–H and O–H groups in total. The Hall–Kier alpha value is -2.82. The summed E-state index contributed by atoms with van der Waals surface area (Å²) in [4.78, 5) is 29.8. The molecule has 3 aliphatic rings. The topological polar surface area (TPSA) is 134 Å². The van der Waals surface area contributed by atoms with Gasteiger partial charge < -0.3 is 30.0 Å². The summed E-state index contributed by atoms with van der Waals surface area (Å²) in [6, 6.07) is 3.92. The van der Waals surface area contributed by atoms with Crippen molar-refractivity contribution in [3.8, 4) is 0 Å². The van der Waals surface area contributed by atoms with E-state index in [9.17, 15) is 24.2 Å². The quantitative estimate of drug-likeness (QED) is 0.226. The van der Waals surface area contributed by atoms with Crippen molar-refractivity contribution in [2.24, 2.45) is 11.8 Å². The van der Waals surface area contributed by atoms with Gasteiger partial charge in [-0.2, -0.15) is 0 Å². The van der Waals surface area contributed by atoms with Gasteiger partial charge >= 0.3 is 0 Å². The van der Waals surface area contributed by atoms with Crippen molar-refractivity contribution in [2.45, 2.75) is 108 Å². The number of carbonyl (C=O) groups is 2. The summed E-state index contributed by atoms with van der Waals surface area (Å²) in [5.74, 6) is 0.303. The third-order valence-corrected chi connectivity index (χ3v) is 9.57. The van der Waals surface area contributed by atoms with E-state index in [4.69, 9.17) is 9.15 Å². The number of aliphatic hydroxyl groups is 2. The van der Waals surface area contributed by atoms with E-state index < -0.39 is 6.04 Å². The maximum Gasteiger partial charge on any atom is 0.273 e. The minimum atomic E-state index is -0.703. The third-order valence-electron chi connectivity index (χ3n) is 9.57. The van der Waals surface area contributed by atoms with E-state index in [2.05, 4.69) is 15.6 Å². The molecule has 43 heavy (non-hydrogen) atoms. The minimum absolute atomic E-state index is 0.00404. The number of hydrogen-bond donors (Lipinski definition) is 4. The van der Waals surface area contributed by atoms with Crippen LogP contribution in [-0.2, 0) is 22.4 Å². The molecule has 2 bridgehead atoms. The van der Waals surface area contributed by atoms with Crippen LogP contribution < -0.4 is 10.6 Å². The molecule has 9 nitrogen and oxygen atoms in total. The number of nitrogens with one attached hydrogen (secondary N) is 2. The molecule has 1 saturated carbocycles. The van der Waals surface area contributed by atoms with Crippen molar-refractivity contribution in [2.75, 3.05) is 19.8 Å². The summed E-state index contributed by atoms with van der Waals surface area (Å²) in [5, 5.41) is 24.1. The standard InChI is InChI=1S/C33H46FN3O6/c34-24-11-9-22(10-14-30(40)36-25(18-38)19-39)23(16-24)17-26-28-12-13-29(43-28)31(26)33-37-27(20-42-33)32(41)35-15-5-4-8-21-6-2-1-3-7-21/h9,11,16,20-21,25-26,28-29,31,38-39H,1-8,10,12-15,17-19H2,(H,35,41)(H,36,40)/t26-,28?,29+,31-/m0/s1. The number of benzene rings is 1. The summed E-state index contributed by atoms with van der Waals surface area (Å²) in [6.07, 6.45) is 14.3. The van der Waals surface area contributed by atoms with Crippen LogP contribution >= 0.6 is 0 Å². The monoisotopic (exact) mass is 599 g/mol. The maximum atomic E-state index is 14.4. The lowest BCUT2D eigenvalue weighted by atomic mass is 9.75. The van der Waals surface area contributed by atoms with Gasteiger partial charge in [-0.25, -0.2) is 9.37 Å². The van der Waals surface area contributed by atoms with Crippen molar-refractivity contribution in [3.63, 3.8) is 0 Å². The van der Waals surface area contributed by atoms with Gasteiger partial charge in [-0.15, -0.1) is 0 Å². The van der Waals surface area contributed by atoms with E-state index in [1.54, 1.807) is 6.07 Å². The van der Waals surface area contributed by atoms with Crippen LogP contribution in [0, 0.1) is 17.7 Å². The van der Waals surface area contributed by atoms with Crippen molar-refractivity contribution in [3.05, 3.63) is 53.0 Å². The number of aryl methyl sites for hydroxylation is 1. The van der Waals surface area contributed by atoms with Crippen LogP contribution in [-0.4, -0.2) is 65.0 Å². The first-order chi connectivity index (χ1) is 20.9. The molecule has 2 amide bonds. The Bertz CT molecular complexity index is 1210. The second-order valence-electron chi connectivity index (χ2n) is 12.6. The number of amides is 2. The van der Waals surface area contributed by atoms with Gasteiger partial charge in [-0.3, -0.25) is 9.59 Å². The second kappa shape index (κ2) is 15.3. The zero-order valence-electron chi connectivity index (χ0n) is 24.9. The lowest BCUT2D eigenvalue weighted by molar-refractivity contribution is -0.122. The fourth-order valence-electron chi connectivity index (χ4n) is 7.23. The Kier molecular flexibility index (Phi) is 11.2. The first-order valence-corrected chi connectivity index (χ1v) is 16.1. The number of carbonyl (C=O) groups excluding carboxylic acids is 2. The molecule has 1 aromatic carbocycles. The number of ether oxygens (including phenoxy) is 1. The molecule has 0 radical (unpaired) electrons. The Morgan fingerprint density at radius 1 is 1.02 bits per heavy atom. The predicted molar refractivity (Wildman–Crippen MR) is 158 cm³/mol. The first-order valence-electron chi connectivity index (χ1n) is 16.1. The van der Waals surface area contributed by atoms with E-state index in [1.165, 1.54) is 56.9 Å². The van der Waals surface area contributed by atoms with E-state index in [1.807, 2.05) is 0 Å². The summed E-state index contributed by atoms with van der Waals surface area (Å²) in [6.45, 7) is -0.0743. The number of fused-ring (bicyclic) bond motifs is 2. The molecular formula is C33H46FN3O6. The number of aliphatic hydroxyl groups excluding tert-OH is 2. The number of nitrogens with zero attached hydrogens (tertiary/aromatic N) is 1. The predicted octanol–water partition coefficient (Wildman–Crippen LogP) is 4.20. The molecule has 0 spiro atoms. The first kappa shape index (κ1) is 31.6. The third kappa shape index (κ3) is 8.22. The van der Waals surface area contributed by atoms with Gasteiger partial charge in [0.25, 0.3) is 5.91 Å². The van der Waals surface area contributed by atoms with Crippen LogP contribution in [0.2, 0.25) is 0 Å². The molecule has 10 heteroatoms. The molecule has 2 aromatic rings. The van der Waals surface area contributed by atoms with Crippen LogP contribution in [0.1, 0.15) is 104 Å². The molecule has 2 saturated heterocycles. The van der Waals surface area contributed by atoms with Crippen LogP contribution in [0.25, 0.3) is 0 Å². The lowest BCUT2D eigenvalue weighted by Gasteiger charge is -2.26. The highest BCUT2D eigenvalue weighted by atomic mass is 19.1. The number of rotatable bonds is 15. The summed E-state index contributed by atoms with van der Waals surface area (Å²) in [5.41, 5.74) is 1.93. The SMILES string of the molecule is O=C(CCc1ccc(F)cc1C[C@H]1C2CC[C@@H](O2)[C@H]1c1nc(C(=O)NCCCCC2CCCCC2)co1)NC(CO)CO. The smallest absolute Gasteiger partial charge is 0.273 e. The maximum absolute atomic E-state index is 14.4.